The molecule has 0 aliphatic heterocycles. The number of nitrogens with one attached hydrogen (secondary N) is 2. The molecule has 3 aromatic carbocycles. The summed E-state index contributed by atoms with van der Waals surface area (Å²) in [7, 11) is 0. The van der Waals surface area contributed by atoms with E-state index in [1.54, 1.807) is 52.0 Å². The molecule has 3 N–H and O–H groups in total. The van der Waals surface area contributed by atoms with E-state index >= 15 is 0 Å². The molecular formula is C35H44ClN3O5. The number of carbonyl (C=O) groups is 3. The number of para-hydroxylation sites is 1. The minimum Gasteiger partial charge on any atom is -0.508 e. The van der Waals surface area contributed by atoms with Gasteiger partial charge in [0.1, 0.15) is 23.4 Å². The molecule has 0 spiro atoms. The second kappa shape index (κ2) is 15.6. The van der Waals surface area contributed by atoms with Crippen LogP contribution in [0.25, 0.3) is 0 Å². The molecule has 3 aromatic rings. The molecule has 0 fully saturated rings. The Labute approximate surface area is 265 Å². The summed E-state index contributed by atoms with van der Waals surface area (Å²) in [5, 5.41) is 16.4. The highest BCUT2D eigenvalue weighted by molar-refractivity contribution is 6.34. The molecular weight excluding hydrogens is 578 g/mol. The van der Waals surface area contributed by atoms with Crippen LogP contribution in [0.4, 0.5) is 10.5 Å². The van der Waals surface area contributed by atoms with Crippen molar-refractivity contribution in [3.63, 3.8) is 0 Å². The van der Waals surface area contributed by atoms with Crippen LogP contribution in [-0.2, 0) is 20.7 Å². The molecule has 3 rings (SSSR count). The van der Waals surface area contributed by atoms with Crippen LogP contribution in [-0.4, -0.2) is 46.1 Å². The number of aryl methyl sites for hydroxylation is 2. The topological polar surface area (TPSA) is 108 Å². The summed E-state index contributed by atoms with van der Waals surface area (Å²) in [6.07, 6.45) is 1.83. The number of phenolic OH excluding ortho intramolecular Hbond substituents is 1. The Hall–Kier alpha value is -4.04. The number of aromatic hydroxyl groups is 1. The van der Waals surface area contributed by atoms with Gasteiger partial charge in [-0.05, 0) is 81.5 Å². The van der Waals surface area contributed by atoms with E-state index in [2.05, 4.69) is 17.6 Å². The van der Waals surface area contributed by atoms with E-state index in [1.807, 2.05) is 43.3 Å². The van der Waals surface area contributed by atoms with Crippen LogP contribution >= 0.6 is 11.6 Å². The predicted octanol–water partition coefficient (Wildman–Crippen LogP) is 7.50. The van der Waals surface area contributed by atoms with Gasteiger partial charge in [0, 0.05) is 13.0 Å². The Bertz CT molecular complexity index is 1420. The van der Waals surface area contributed by atoms with Gasteiger partial charge in [0.15, 0.2) is 0 Å². The zero-order valence-corrected chi connectivity index (χ0v) is 27.2. The van der Waals surface area contributed by atoms with Gasteiger partial charge in [-0.3, -0.25) is 9.59 Å². The monoisotopic (exact) mass is 621 g/mol. The lowest BCUT2D eigenvalue weighted by atomic mass is 9.98. The molecule has 44 heavy (non-hydrogen) atoms. The maximum atomic E-state index is 14.6. The van der Waals surface area contributed by atoms with Crippen LogP contribution in [0.5, 0.6) is 5.75 Å². The molecule has 0 aromatic heterocycles. The number of unbranched alkanes of at least 4 members (excludes halogenated alkanes) is 2. The van der Waals surface area contributed by atoms with E-state index in [1.165, 1.54) is 11.0 Å². The Kier molecular flexibility index (Phi) is 12.2. The van der Waals surface area contributed by atoms with Gasteiger partial charge in [-0.1, -0.05) is 79.9 Å². The first-order chi connectivity index (χ1) is 20.8. The molecule has 0 aliphatic carbocycles. The summed E-state index contributed by atoms with van der Waals surface area (Å²) in [6.45, 7) is 11.1. The normalized spacial score (nSPS) is 12.6. The number of rotatable bonds is 12. The van der Waals surface area contributed by atoms with Crippen LogP contribution in [0.1, 0.15) is 75.3 Å². The average Bonchev–Trinajstić information content (AvgIpc) is 2.95. The molecule has 0 radical (unpaired) electrons. The van der Waals surface area contributed by atoms with Gasteiger partial charge in [0.25, 0.3) is 5.91 Å². The number of amides is 3. The van der Waals surface area contributed by atoms with Gasteiger partial charge in [0.05, 0.1) is 10.7 Å². The number of alkyl carbamates (subject to hydrolysis) is 1. The van der Waals surface area contributed by atoms with Crippen molar-refractivity contribution in [3.8, 4) is 5.75 Å². The molecule has 3 amide bonds. The van der Waals surface area contributed by atoms with E-state index in [4.69, 9.17) is 16.3 Å². The maximum absolute atomic E-state index is 14.6. The fraction of sp³-hybridized carbons (Fsp3) is 0.400. The minimum absolute atomic E-state index is 0.0762. The van der Waals surface area contributed by atoms with Gasteiger partial charge < -0.3 is 25.4 Å². The number of phenols is 1. The summed E-state index contributed by atoms with van der Waals surface area (Å²) >= 11 is 6.48. The lowest BCUT2D eigenvalue weighted by molar-refractivity contribution is -0.140. The van der Waals surface area contributed by atoms with E-state index in [0.717, 1.165) is 24.0 Å². The van der Waals surface area contributed by atoms with Crippen molar-refractivity contribution in [2.24, 2.45) is 0 Å². The Morgan fingerprint density at radius 2 is 1.66 bits per heavy atom. The maximum Gasteiger partial charge on any atom is 0.408 e. The second-order valence-corrected chi connectivity index (χ2v) is 12.4. The van der Waals surface area contributed by atoms with Crippen LogP contribution in [0.3, 0.4) is 0 Å². The summed E-state index contributed by atoms with van der Waals surface area (Å²) in [6, 6.07) is 17.4. The summed E-state index contributed by atoms with van der Waals surface area (Å²) in [5.41, 5.74) is 2.36. The van der Waals surface area contributed by atoms with Gasteiger partial charge >= 0.3 is 6.09 Å². The summed E-state index contributed by atoms with van der Waals surface area (Å²) < 4.78 is 5.52. The van der Waals surface area contributed by atoms with Crippen molar-refractivity contribution in [3.05, 3.63) is 94.0 Å². The van der Waals surface area contributed by atoms with Crippen molar-refractivity contribution in [1.29, 1.82) is 0 Å². The van der Waals surface area contributed by atoms with Crippen LogP contribution < -0.4 is 10.6 Å². The van der Waals surface area contributed by atoms with Crippen molar-refractivity contribution >= 4 is 35.2 Å². The van der Waals surface area contributed by atoms with Crippen molar-refractivity contribution in [1.82, 2.24) is 10.2 Å². The standard InChI is InChI=1S/C35H44ClN3O5/c1-7-8-12-20-39(33(42)28(22-25-15-10-9-11-16-25)37-34(43)44-35(4,5)6)31(26-18-19-29(40)24(3)21-26)32(41)38-30-23(2)14-13-17-27(30)36/h9-11,13-19,21,28,31,40H,7-8,12,20,22H2,1-6H3,(H,37,43)(H,38,41). The highest BCUT2D eigenvalue weighted by Crippen LogP contribution is 2.31. The van der Waals surface area contributed by atoms with Crippen molar-refractivity contribution in [2.75, 3.05) is 11.9 Å². The lowest BCUT2D eigenvalue weighted by Crippen LogP contribution is -2.53. The fourth-order valence-electron chi connectivity index (χ4n) is 4.90. The molecule has 236 valence electrons. The molecule has 0 saturated heterocycles. The molecule has 8 nitrogen and oxygen atoms in total. The summed E-state index contributed by atoms with van der Waals surface area (Å²) in [5.74, 6) is -0.822. The Morgan fingerprint density at radius 3 is 2.27 bits per heavy atom. The third-order valence-corrected chi connectivity index (χ3v) is 7.44. The SMILES string of the molecule is CCCCCN(C(=O)C(Cc1ccccc1)NC(=O)OC(C)(C)C)C(C(=O)Nc1c(C)cccc1Cl)c1ccc(O)c(C)c1. The number of anilines is 1. The largest absolute Gasteiger partial charge is 0.508 e. The van der Waals surface area contributed by atoms with Gasteiger partial charge in [-0.15, -0.1) is 0 Å². The van der Waals surface area contributed by atoms with E-state index in [0.29, 0.717) is 28.3 Å². The number of hydrogen-bond acceptors (Lipinski definition) is 5. The number of ether oxygens (including phenoxy) is 1. The number of nitrogens with zero attached hydrogens (tertiary/aromatic N) is 1. The zero-order valence-electron chi connectivity index (χ0n) is 26.4. The number of benzene rings is 3. The predicted molar refractivity (Wildman–Crippen MR) is 175 cm³/mol. The second-order valence-electron chi connectivity index (χ2n) is 12.0. The third kappa shape index (κ3) is 9.74. The number of hydrogen-bond donors (Lipinski definition) is 3. The van der Waals surface area contributed by atoms with Gasteiger partial charge in [0.2, 0.25) is 5.91 Å². The molecule has 2 unspecified atom stereocenters. The molecule has 0 saturated carbocycles. The fourth-order valence-corrected chi connectivity index (χ4v) is 5.17. The smallest absolute Gasteiger partial charge is 0.408 e. The third-order valence-electron chi connectivity index (χ3n) is 7.12. The molecule has 0 heterocycles. The highest BCUT2D eigenvalue weighted by Gasteiger charge is 2.37. The number of carbonyl (C=O) groups excluding carboxylic acids is 3. The van der Waals surface area contributed by atoms with Crippen LogP contribution in [0.2, 0.25) is 5.02 Å². The summed E-state index contributed by atoms with van der Waals surface area (Å²) in [4.78, 5) is 43.4. The first kappa shape index (κ1) is 34.5. The van der Waals surface area contributed by atoms with Gasteiger partial charge in [-0.2, -0.15) is 0 Å². The highest BCUT2D eigenvalue weighted by atomic mass is 35.5. The molecule has 0 aliphatic rings. The van der Waals surface area contributed by atoms with E-state index in [-0.39, 0.29) is 18.7 Å². The molecule has 9 heteroatoms. The Balaban J connectivity index is 2.12. The van der Waals surface area contributed by atoms with Crippen LogP contribution in [0.15, 0.2) is 66.7 Å². The van der Waals surface area contributed by atoms with E-state index in [9.17, 15) is 19.5 Å². The average molecular weight is 622 g/mol. The Morgan fingerprint density at radius 1 is 0.955 bits per heavy atom. The minimum atomic E-state index is -1.09. The zero-order chi connectivity index (χ0) is 32.4. The first-order valence-electron chi connectivity index (χ1n) is 15.0. The van der Waals surface area contributed by atoms with Crippen molar-refractivity contribution in [2.45, 2.75) is 84.9 Å². The first-order valence-corrected chi connectivity index (χ1v) is 15.4. The molecule has 2 atom stereocenters. The number of halogens is 1. The lowest BCUT2D eigenvalue weighted by Gasteiger charge is -2.35. The van der Waals surface area contributed by atoms with Gasteiger partial charge in [-0.25, -0.2) is 4.79 Å². The van der Waals surface area contributed by atoms with Crippen LogP contribution in [0, 0.1) is 13.8 Å². The van der Waals surface area contributed by atoms with E-state index < -0.39 is 35.6 Å². The quantitative estimate of drug-likeness (QED) is 0.182. The van der Waals surface area contributed by atoms with Crippen molar-refractivity contribution < 1.29 is 24.2 Å². The molecule has 0 bridgehead atoms.